The largest absolute Gasteiger partial charge is 0.356 e. The van der Waals surface area contributed by atoms with Crippen molar-refractivity contribution in [2.24, 2.45) is 4.99 Å². The average Bonchev–Trinajstić information content (AvgIpc) is 2.55. The van der Waals surface area contributed by atoms with Crippen LogP contribution in [0.1, 0.15) is 52.9 Å². The summed E-state index contributed by atoms with van der Waals surface area (Å²) in [6, 6.07) is 1.21. The van der Waals surface area contributed by atoms with Crippen molar-refractivity contribution in [1.29, 1.82) is 0 Å². The van der Waals surface area contributed by atoms with Gasteiger partial charge in [0.1, 0.15) is 0 Å². The van der Waals surface area contributed by atoms with E-state index in [4.69, 9.17) is 0 Å². The first-order valence-electron chi connectivity index (χ1n) is 9.46. The summed E-state index contributed by atoms with van der Waals surface area (Å²) < 4.78 is 0. The van der Waals surface area contributed by atoms with Crippen molar-refractivity contribution >= 4 is 29.9 Å². The van der Waals surface area contributed by atoms with Crippen molar-refractivity contribution in [2.75, 3.05) is 46.8 Å². The van der Waals surface area contributed by atoms with E-state index in [1.807, 2.05) is 7.05 Å². The van der Waals surface area contributed by atoms with Gasteiger partial charge < -0.3 is 20.4 Å². The third-order valence-electron chi connectivity index (χ3n) is 4.80. The Hall–Kier alpha value is -0.0800. The van der Waals surface area contributed by atoms with Crippen LogP contribution in [0.15, 0.2) is 4.99 Å². The molecule has 0 unspecified atom stereocenters. The number of hydrogen-bond donors (Lipinski definition) is 2. The monoisotopic (exact) mass is 453 g/mol. The van der Waals surface area contributed by atoms with E-state index in [9.17, 15) is 0 Å². The van der Waals surface area contributed by atoms with Crippen LogP contribution in [-0.4, -0.2) is 74.7 Å². The number of likely N-dealkylation sites (tertiary alicyclic amines) is 1. The summed E-state index contributed by atoms with van der Waals surface area (Å²) in [4.78, 5) is 9.34. The van der Waals surface area contributed by atoms with Crippen LogP contribution in [-0.2, 0) is 0 Å². The molecule has 1 aliphatic rings. The highest BCUT2D eigenvalue weighted by molar-refractivity contribution is 14.0. The maximum Gasteiger partial charge on any atom is 0.191 e. The van der Waals surface area contributed by atoms with Crippen molar-refractivity contribution in [1.82, 2.24) is 20.4 Å². The van der Waals surface area contributed by atoms with E-state index in [2.05, 4.69) is 53.2 Å². The first-order chi connectivity index (χ1) is 11.1. The lowest BCUT2D eigenvalue weighted by molar-refractivity contribution is 0.206. The Balaban J connectivity index is 0.00000529. The Labute approximate surface area is 167 Å². The van der Waals surface area contributed by atoms with Crippen molar-refractivity contribution in [3.05, 3.63) is 0 Å². The molecule has 1 fully saturated rings. The molecule has 0 aromatic rings. The van der Waals surface area contributed by atoms with Crippen LogP contribution in [0.2, 0.25) is 0 Å². The summed E-state index contributed by atoms with van der Waals surface area (Å²) in [5, 5.41) is 7.05. The summed E-state index contributed by atoms with van der Waals surface area (Å²) in [5.74, 6) is 0.969. The number of piperidine rings is 1. The fraction of sp³-hybridized carbons (Fsp3) is 0.944. The first-order valence-corrected chi connectivity index (χ1v) is 9.46. The standard InChI is InChI=1S/C18H39N5.HI/c1-6-12-23-14-9-17(10-15-23)21-18(19-4)20-11-7-8-13-22(5)16(2)3;/h16-17H,6-15H2,1-5H3,(H2,19,20,21);1H. The summed E-state index contributed by atoms with van der Waals surface area (Å²) in [7, 11) is 4.07. The zero-order valence-electron chi connectivity index (χ0n) is 16.5. The fourth-order valence-corrected chi connectivity index (χ4v) is 2.96. The molecular weight excluding hydrogens is 413 g/mol. The lowest BCUT2D eigenvalue weighted by Crippen LogP contribution is -2.48. The molecule has 0 aromatic carbocycles. The van der Waals surface area contributed by atoms with Gasteiger partial charge in [0.25, 0.3) is 0 Å². The molecule has 24 heavy (non-hydrogen) atoms. The predicted octanol–water partition coefficient (Wildman–Crippen LogP) is 2.76. The van der Waals surface area contributed by atoms with Crippen LogP contribution in [0, 0.1) is 0 Å². The Kier molecular flexibility index (Phi) is 14.1. The number of unbranched alkanes of at least 4 members (excludes halogenated alkanes) is 1. The number of rotatable bonds is 9. The van der Waals surface area contributed by atoms with E-state index in [1.54, 1.807) is 0 Å². The normalized spacial score (nSPS) is 17.2. The molecule has 1 heterocycles. The Morgan fingerprint density at radius 3 is 2.46 bits per heavy atom. The van der Waals surface area contributed by atoms with Crippen LogP contribution >= 0.6 is 24.0 Å². The predicted molar refractivity (Wildman–Crippen MR) is 117 cm³/mol. The second-order valence-electron chi connectivity index (χ2n) is 7.04. The third kappa shape index (κ3) is 10.0. The van der Waals surface area contributed by atoms with Crippen molar-refractivity contribution in [2.45, 2.75) is 65.0 Å². The SMILES string of the molecule is CCCN1CCC(NC(=NC)NCCCCN(C)C(C)C)CC1.I. The van der Waals surface area contributed by atoms with E-state index in [0.29, 0.717) is 12.1 Å². The van der Waals surface area contributed by atoms with Crippen molar-refractivity contribution in [3.8, 4) is 0 Å². The number of halogens is 1. The quantitative estimate of drug-likeness (QED) is 0.244. The molecule has 144 valence electrons. The van der Waals surface area contributed by atoms with Gasteiger partial charge >= 0.3 is 0 Å². The lowest BCUT2D eigenvalue weighted by atomic mass is 10.1. The lowest BCUT2D eigenvalue weighted by Gasteiger charge is -2.32. The molecule has 0 amide bonds. The maximum atomic E-state index is 4.37. The summed E-state index contributed by atoms with van der Waals surface area (Å²) in [6.07, 6.45) is 6.12. The van der Waals surface area contributed by atoms with Crippen LogP contribution in [0.25, 0.3) is 0 Å². The van der Waals surface area contributed by atoms with Gasteiger partial charge in [0.2, 0.25) is 0 Å². The molecular formula is C18H40IN5. The van der Waals surface area contributed by atoms with Crippen molar-refractivity contribution < 1.29 is 0 Å². The second-order valence-corrected chi connectivity index (χ2v) is 7.04. The van der Waals surface area contributed by atoms with Gasteiger partial charge in [-0.3, -0.25) is 4.99 Å². The molecule has 2 N–H and O–H groups in total. The molecule has 0 saturated carbocycles. The van der Waals surface area contributed by atoms with Crippen molar-refractivity contribution in [3.63, 3.8) is 0 Å². The fourth-order valence-electron chi connectivity index (χ4n) is 2.96. The smallest absolute Gasteiger partial charge is 0.191 e. The summed E-state index contributed by atoms with van der Waals surface area (Å²) >= 11 is 0. The minimum Gasteiger partial charge on any atom is -0.356 e. The van der Waals surface area contributed by atoms with Gasteiger partial charge in [0.05, 0.1) is 0 Å². The molecule has 1 aliphatic heterocycles. The average molecular weight is 453 g/mol. The molecule has 0 bridgehead atoms. The molecule has 0 radical (unpaired) electrons. The number of guanidine groups is 1. The van der Waals surface area contributed by atoms with E-state index < -0.39 is 0 Å². The molecule has 1 saturated heterocycles. The number of nitrogens with one attached hydrogen (secondary N) is 2. The molecule has 0 atom stereocenters. The van der Waals surface area contributed by atoms with E-state index in [-0.39, 0.29) is 24.0 Å². The van der Waals surface area contributed by atoms with Gasteiger partial charge in [-0.25, -0.2) is 0 Å². The molecule has 6 heteroatoms. The number of nitrogens with zero attached hydrogens (tertiary/aromatic N) is 3. The topological polar surface area (TPSA) is 42.9 Å². The van der Waals surface area contributed by atoms with Gasteiger partial charge in [-0.1, -0.05) is 6.92 Å². The minimum atomic E-state index is 0. The van der Waals surface area contributed by atoms with Gasteiger partial charge in [0.15, 0.2) is 5.96 Å². The summed E-state index contributed by atoms with van der Waals surface area (Å²) in [6.45, 7) is 12.6. The highest BCUT2D eigenvalue weighted by atomic mass is 127. The third-order valence-corrected chi connectivity index (χ3v) is 4.80. The minimum absolute atomic E-state index is 0. The number of hydrogen-bond acceptors (Lipinski definition) is 3. The first kappa shape index (κ1) is 23.9. The highest BCUT2D eigenvalue weighted by Crippen LogP contribution is 2.10. The highest BCUT2D eigenvalue weighted by Gasteiger charge is 2.19. The zero-order valence-corrected chi connectivity index (χ0v) is 18.8. The Morgan fingerprint density at radius 2 is 1.92 bits per heavy atom. The van der Waals surface area contributed by atoms with Gasteiger partial charge in [-0.2, -0.15) is 0 Å². The van der Waals surface area contributed by atoms with Gasteiger partial charge in [-0.05, 0) is 66.1 Å². The molecule has 0 aliphatic carbocycles. The Morgan fingerprint density at radius 1 is 1.25 bits per heavy atom. The molecule has 0 spiro atoms. The second kappa shape index (κ2) is 14.1. The molecule has 0 aromatic heterocycles. The van der Waals surface area contributed by atoms with Crippen LogP contribution in [0.4, 0.5) is 0 Å². The summed E-state index contributed by atoms with van der Waals surface area (Å²) in [5.41, 5.74) is 0. The van der Waals surface area contributed by atoms with Crippen LogP contribution in [0.5, 0.6) is 0 Å². The molecule has 1 rings (SSSR count). The van der Waals surface area contributed by atoms with Crippen LogP contribution < -0.4 is 10.6 Å². The zero-order chi connectivity index (χ0) is 17.1. The van der Waals surface area contributed by atoms with Gasteiger partial charge in [0, 0.05) is 38.8 Å². The van der Waals surface area contributed by atoms with Gasteiger partial charge in [-0.15, -0.1) is 24.0 Å². The number of aliphatic imine (C=N–C) groups is 1. The van der Waals surface area contributed by atoms with Crippen LogP contribution in [0.3, 0.4) is 0 Å². The molecule has 5 nitrogen and oxygen atoms in total. The maximum absolute atomic E-state index is 4.37. The van der Waals surface area contributed by atoms with E-state index in [1.165, 1.54) is 58.3 Å². The van der Waals surface area contributed by atoms with E-state index in [0.717, 1.165) is 12.5 Å². The van der Waals surface area contributed by atoms with E-state index >= 15 is 0 Å². The Bertz CT molecular complexity index is 327.